The second-order valence-electron chi connectivity index (χ2n) is 5.77. The maximum absolute atomic E-state index is 11.8. The Morgan fingerprint density at radius 2 is 2.08 bits per heavy atom. The fourth-order valence-corrected chi connectivity index (χ4v) is 2.98. The van der Waals surface area contributed by atoms with Crippen LogP contribution in [0.2, 0.25) is 5.15 Å². The molecule has 1 fully saturated rings. The Kier molecular flexibility index (Phi) is 4.71. The fraction of sp³-hybridized carbons (Fsp3) is 0.312. The molecule has 0 aliphatic carbocycles. The van der Waals surface area contributed by atoms with Gasteiger partial charge in [-0.1, -0.05) is 17.7 Å². The molecule has 0 unspecified atom stereocenters. The Balaban J connectivity index is 1.74. The molecule has 7 nitrogen and oxygen atoms in total. The summed E-state index contributed by atoms with van der Waals surface area (Å²) in [4.78, 5) is 25.2. The third-order valence-corrected chi connectivity index (χ3v) is 4.35. The molecular formula is C16H18ClN5O2. The number of rotatable bonds is 4. The van der Waals surface area contributed by atoms with Crippen molar-refractivity contribution >= 4 is 34.6 Å². The number of primary amides is 1. The summed E-state index contributed by atoms with van der Waals surface area (Å²) in [7, 11) is 0. The minimum absolute atomic E-state index is 0.0416. The highest BCUT2D eigenvalue weighted by molar-refractivity contribution is 6.29. The number of anilines is 3. The maximum Gasteiger partial charge on any atom is 0.287 e. The van der Waals surface area contributed by atoms with Crippen molar-refractivity contribution in [2.24, 2.45) is 11.7 Å². The number of nitrogens with two attached hydrogens (primary N) is 1. The van der Waals surface area contributed by atoms with Gasteiger partial charge in [0.2, 0.25) is 5.91 Å². The molecule has 0 bridgehead atoms. The Hall–Kier alpha value is -2.54. The van der Waals surface area contributed by atoms with Crippen LogP contribution in [0.5, 0.6) is 0 Å². The normalized spacial score (nSPS) is 15.3. The molecule has 24 heavy (non-hydrogen) atoms. The monoisotopic (exact) mass is 347 g/mol. The lowest BCUT2D eigenvalue weighted by Crippen LogP contribution is -2.38. The number of halogens is 1. The smallest absolute Gasteiger partial charge is 0.287 e. The summed E-state index contributed by atoms with van der Waals surface area (Å²) in [5, 5.41) is 9.22. The van der Waals surface area contributed by atoms with E-state index in [0.29, 0.717) is 5.69 Å². The Morgan fingerprint density at radius 1 is 1.33 bits per heavy atom. The molecule has 4 N–H and O–H groups in total. The highest BCUT2D eigenvalue weighted by atomic mass is 35.5. The van der Waals surface area contributed by atoms with Crippen LogP contribution in [0.4, 0.5) is 17.1 Å². The molecule has 0 atom stereocenters. The predicted octanol–water partition coefficient (Wildman–Crippen LogP) is 1.87. The van der Waals surface area contributed by atoms with Crippen LogP contribution in [0.3, 0.4) is 0 Å². The number of aromatic amines is 1. The van der Waals surface area contributed by atoms with E-state index in [2.05, 4.69) is 20.4 Å². The van der Waals surface area contributed by atoms with Gasteiger partial charge in [0, 0.05) is 36.4 Å². The molecule has 1 aliphatic rings. The molecule has 8 heteroatoms. The van der Waals surface area contributed by atoms with Crippen molar-refractivity contribution in [3.05, 3.63) is 45.8 Å². The number of carbonyl (C=O) groups excluding carboxylic acids is 1. The van der Waals surface area contributed by atoms with Gasteiger partial charge in [0.15, 0.2) is 5.15 Å². The fourth-order valence-electron chi connectivity index (χ4n) is 2.83. The topological polar surface area (TPSA) is 104 Å². The van der Waals surface area contributed by atoms with Crippen molar-refractivity contribution in [2.45, 2.75) is 12.8 Å². The van der Waals surface area contributed by atoms with Gasteiger partial charge < -0.3 is 16.0 Å². The van der Waals surface area contributed by atoms with Crippen molar-refractivity contribution in [2.75, 3.05) is 23.3 Å². The number of aromatic nitrogens is 2. The average Bonchev–Trinajstić information content (AvgIpc) is 2.58. The van der Waals surface area contributed by atoms with Crippen LogP contribution in [0.25, 0.3) is 0 Å². The van der Waals surface area contributed by atoms with Crippen LogP contribution in [0.1, 0.15) is 12.8 Å². The Bertz CT molecular complexity index is 799. The van der Waals surface area contributed by atoms with Crippen molar-refractivity contribution in [3.8, 4) is 0 Å². The molecule has 1 aliphatic heterocycles. The van der Waals surface area contributed by atoms with E-state index in [9.17, 15) is 9.59 Å². The minimum Gasteiger partial charge on any atom is -0.371 e. The van der Waals surface area contributed by atoms with Gasteiger partial charge in [0.05, 0.1) is 0 Å². The van der Waals surface area contributed by atoms with E-state index in [1.807, 2.05) is 24.3 Å². The highest BCUT2D eigenvalue weighted by Crippen LogP contribution is 2.26. The Labute approximate surface area is 143 Å². The lowest BCUT2D eigenvalue weighted by molar-refractivity contribution is -0.122. The SMILES string of the molecule is NC(=O)C1CCN(c2cccc(Nc3cc(Cl)n[nH]c3=O)c2)CC1. The summed E-state index contributed by atoms with van der Waals surface area (Å²) >= 11 is 5.81. The molecule has 2 heterocycles. The first-order valence-corrected chi connectivity index (χ1v) is 8.07. The highest BCUT2D eigenvalue weighted by Gasteiger charge is 2.23. The van der Waals surface area contributed by atoms with Crippen LogP contribution in [0.15, 0.2) is 35.1 Å². The van der Waals surface area contributed by atoms with Gasteiger partial charge in [-0.3, -0.25) is 9.59 Å². The van der Waals surface area contributed by atoms with Gasteiger partial charge in [-0.25, -0.2) is 5.10 Å². The zero-order valence-corrected chi connectivity index (χ0v) is 13.7. The van der Waals surface area contributed by atoms with Gasteiger partial charge in [-0.05, 0) is 31.0 Å². The van der Waals surface area contributed by atoms with Crippen LogP contribution in [-0.2, 0) is 4.79 Å². The van der Waals surface area contributed by atoms with E-state index < -0.39 is 0 Å². The lowest BCUT2D eigenvalue weighted by Gasteiger charge is -2.32. The predicted molar refractivity (Wildman–Crippen MR) is 93.7 cm³/mol. The third-order valence-electron chi connectivity index (χ3n) is 4.16. The van der Waals surface area contributed by atoms with Crippen LogP contribution in [0, 0.1) is 5.92 Å². The minimum atomic E-state index is -0.341. The summed E-state index contributed by atoms with van der Waals surface area (Å²) in [5.41, 5.74) is 7.17. The molecule has 2 aromatic rings. The molecule has 3 rings (SSSR count). The van der Waals surface area contributed by atoms with Crippen LogP contribution < -0.4 is 21.5 Å². The van der Waals surface area contributed by atoms with Gasteiger partial charge >= 0.3 is 0 Å². The quantitative estimate of drug-likeness (QED) is 0.783. The second kappa shape index (κ2) is 6.92. The van der Waals surface area contributed by atoms with Crippen LogP contribution >= 0.6 is 11.6 Å². The Morgan fingerprint density at radius 3 is 2.79 bits per heavy atom. The molecule has 0 radical (unpaired) electrons. The maximum atomic E-state index is 11.8. The van der Waals surface area contributed by atoms with Crippen molar-refractivity contribution < 1.29 is 4.79 Å². The zero-order valence-electron chi connectivity index (χ0n) is 13.0. The van der Waals surface area contributed by atoms with Gasteiger partial charge in [0.1, 0.15) is 5.69 Å². The molecule has 1 aromatic heterocycles. The van der Waals surface area contributed by atoms with Crippen molar-refractivity contribution in [3.63, 3.8) is 0 Å². The molecule has 1 saturated heterocycles. The first kappa shape index (κ1) is 16.3. The van der Waals surface area contributed by atoms with Gasteiger partial charge in [0.25, 0.3) is 5.56 Å². The van der Waals surface area contributed by atoms with E-state index >= 15 is 0 Å². The number of carbonyl (C=O) groups is 1. The number of H-pyrrole nitrogens is 1. The van der Waals surface area contributed by atoms with Gasteiger partial charge in [-0.2, -0.15) is 5.10 Å². The van der Waals surface area contributed by atoms with E-state index in [1.165, 1.54) is 6.07 Å². The lowest BCUT2D eigenvalue weighted by atomic mass is 9.96. The number of hydrogen-bond acceptors (Lipinski definition) is 5. The first-order valence-electron chi connectivity index (χ1n) is 7.69. The van der Waals surface area contributed by atoms with E-state index in [0.717, 1.165) is 37.3 Å². The van der Waals surface area contributed by atoms with Crippen molar-refractivity contribution in [1.29, 1.82) is 0 Å². The molecule has 126 valence electrons. The zero-order chi connectivity index (χ0) is 17.1. The van der Waals surface area contributed by atoms with Gasteiger partial charge in [-0.15, -0.1) is 0 Å². The number of amides is 1. The standard InChI is InChI=1S/C16H18ClN5O2/c17-14-9-13(16(24)21-20-14)19-11-2-1-3-12(8-11)22-6-4-10(5-7-22)15(18)23/h1-3,8-10H,4-7H2,(H2,18,23)(H,19,20)(H,21,24). The molecular weight excluding hydrogens is 330 g/mol. The molecule has 1 amide bonds. The summed E-state index contributed by atoms with van der Waals surface area (Å²) in [6.45, 7) is 1.55. The number of piperidine rings is 1. The molecule has 0 spiro atoms. The van der Waals surface area contributed by atoms with Crippen molar-refractivity contribution in [1.82, 2.24) is 10.2 Å². The van der Waals surface area contributed by atoms with E-state index in [-0.39, 0.29) is 22.5 Å². The number of benzene rings is 1. The summed E-state index contributed by atoms with van der Waals surface area (Å²) in [6.07, 6.45) is 1.51. The number of hydrogen-bond donors (Lipinski definition) is 3. The third kappa shape index (κ3) is 3.68. The number of nitrogens with one attached hydrogen (secondary N) is 2. The second-order valence-corrected chi connectivity index (χ2v) is 6.16. The largest absolute Gasteiger partial charge is 0.371 e. The molecule has 1 aromatic carbocycles. The first-order chi connectivity index (χ1) is 11.5. The summed E-state index contributed by atoms with van der Waals surface area (Å²) < 4.78 is 0. The van der Waals surface area contributed by atoms with Crippen LogP contribution in [-0.4, -0.2) is 29.2 Å². The average molecular weight is 348 g/mol. The number of nitrogens with zero attached hydrogens (tertiary/aromatic N) is 2. The summed E-state index contributed by atoms with van der Waals surface area (Å²) in [6, 6.07) is 9.21. The summed E-state index contributed by atoms with van der Waals surface area (Å²) in [5.74, 6) is -0.265. The van der Waals surface area contributed by atoms with E-state index in [4.69, 9.17) is 17.3 Å². The van der Waals surface area contributed by atoms with E-state index in [1.54, 1.807) is 0 Å². The molecule has 0 saturated carbocycles.